The van der Waals surface area contributed by atoms with Crippen LogP contribution in [0.2, 0.25) is 0 Å². The smallest absolute Gasteiger partial charge is 0.427 e. The summed E-state index contributed by atoms with van der Waals surface area (Å²) in [5, 5.41) is -0.514. The highest BCUT2D eigenvalue weighted by molar-refractivity contribution is 7.18. The Hall–Kier alpha value is -3.07. The SMILES string of the molecule is Cc1ccc2nc(C(F)(F)Oc3ccc(C4CCC(c5cc(F)c(F)c(F)c5)CC4)c(F)c3)sc2c1. The van der Waals surface area contributed by atoms with Gasteiger partial charge in [-0.3, -0.25) is 0 Å². The van der Waals surface area contributed by atoms with Crippen molar-refractivity contribution in [2.24, 2.45) is 0 Å². The van der Waals surface area contributed by atoms with Gasteiger partial charge >= 0.3 is 6.11 Å². The van der Waals surface area contributed by atoms with Crippen molar-refractivity contribution in [1.29, 1.82) is 0 Å². The number of benzene rings is 3. The van der Waals surface area contributed by atoms with E-state index in [9.17, 15) is 26.3 Å². The lowest BCUT2D eigenvalue weighted by Crippen LogP contribution is -2.21. The van der Waals surface area contributed by atoms with E-state index < -0.39 is 34.4 Å². The molecule has 2 nitrogen and oxygen atoms in total. The van der Waals surface area contributed by atoms with Crippen LogP contribution in [0, 0.1) is 30.2 Å². The van der Waals surface area contributed by atoms with E-state index in [1.807, 2.05) is 6.92 Å². The number of aromatic nitrogens is 1. The summed E-state index contributed by atoms with van der Waals surface area (Å²) in [7, 11) is 0. The topological polar surface area (TPSA) is 22.1 Å². The summed E-state index contributed by atoms with van der Waals surface area (Å²) in [6, 6.07) is 10.9. The molecule has 5 rings (SSSR count). The summed E-state index contributed by atoms with van der Waals surface area (Å²) >= 11 is 0.821. The molecule has 36 heavy (non-hydrogen) atoms. The van der Waals surface area contributed by atoms with E-state index in [0.717, 1.165) is 35.1 Å². The third-order valence-corrected chi connectivity index (χ3v) is 7.72. The summed E-state index contributed by atoms with van der Waals surface area (Å²) < 4.78 is 90.4. The average Bonchev–Trinajstić information content (AvgIpc) is 3.27. The Morgan fingerprint density at radius 2 is 1.50 bits per heavy atom. The molecule has 0 bridgehead atoms. The number of aryl methyl sites for hydroxylation is 1. The lowest BCUT2D eigenvalue weighted by Gasteiger charge is -2.29. The van der Waals surface area contributed by atoms with Crippen molar-refractivity contribution in [3.05, 3.63) is 93.5 Å². The minimum absolute atomic E-state index is 0.173. The number of fused-ring (bicyclic) bond motifs is 1. The van der Waals surface area contributed by atoms with Crippen LogP contribution >= 0.6 is 11.3 Å². The van der Waals surface area contributed by atoms with E-state index >= 15 is 0 Å². The van der Waals surface area contributed by atoms with E-state index in [2.05, 4.69) is 4.98 Å². The maximum absolute atomic E-state index is 14.9. The van der Waals surface area contributed by atoms with Gasteiger partial charge in [0.05, 0.1) is 10.2 Å². The Morgan fingerprint density at radius 1 is 0.833 bits per heavy atom. The van der Waals surface area contributed by atoms with Gasteiger partial charge in [-0.2, -0.15) is 8.78 Å². The van der Waals surface area contributed by atoms with Gasteiger partial charge in [-0.15, -0.1) is 11.3 Å². The van der Waals surface area contributed by atoms with Crippen LogP contribution in [-0.4, -0.2) is 4.98 Å². The molecule has 0 saturated heterocycles. The van der Waals surface area contributed by atoms with Crippen molar-refractivity contribution in [2.45, 2.75) is 50.6 Å². The number of hydrogen-bond acceptors (Lipinski definition) is 3. The number of halogens is 6. The molecule has 4 aromatic rings. The molecule has 1 fully saturated rings. The summed E-state index contributed by atoms with van der Waals surface area (Å²) in [6.07, 6.45) is -1.61. The first-order valence-electron chi connectivity index (χ1n) is 11.5. The van der Waals surface area contributed by atoms with E-state index in [-0.39, 0.29) is 17.6 Å². The molecule has 1 saturated carbocycles. The molecule has 1 heterocycles. The van der Waals surface area contributed by atoms with Crippen LogP contribution < -0.4 is 4.74 Å². The Bertz CT molecular complexity index is 1400. The maximum atomic E-state index is 14.9. The molecule has 3 aromatic carbocycles. The molecule has 0 radical (unpaired) electrons. The zero-order chi connectivity index (χ0) is 25.6. The van der Waals surface area contributed by atoms with Gasteiger partial charge in [0.25, 0.3) is 0 Å². The zero-order valence-electron chi connectivity index (χ0n) is 19.1. The van der Waals surface area contributed by atoms with E-state index in [4.69, 9.17) is 4.74 Å². The second kappa shape index (κ2) is 9.42. The van der Waals surface area contributed by atoms with Gasteiger partial charge in [0.15, 0.2) is 17.5 Å². The van der Waals surface area contributed by atoms with Crippen LogP contribution in [0.25, 0.3) is 10.2 Å². The first-order chi connectivity index (χ1) is 17.1. The summed E-state index contributed by atoms with van der Waals surface area (Å²) in [5.74, 6) is -5.29. The molecule has 0 N–H and O–H groups in total. The van der Waals surface area contributed by atoms with Gasteiger partial charge in [-0.1, -0.05) is 12.1 Å². The van der Waals surface area contributed by atoms with Gasteiger partial charge in [-0.05, 0) is 91.5 Å². The largest absolute Gasteiger partial charge is 0.454 e. The van der Waals surface area contributed by atoms with Crippen molar-refractivity contribution in [1.82, 2.24) is 4.98 Å². The predicted molar refractivity (Wildman–Crippen MR) is 126 cm³/mol. The highest BCUT2D eigenvalue weighted by Crippen LogP contribution is 2.43. The first kappa shape index (κ1) is 24.6. The van der Waals surface area contributed by atoms with Gasteiger partial charge < -0.3 is 4.74 Å². The standard InChI is InChI=1S/C27H21F6NOS/c1-14-2-9-23-24(10-14)36-26(34-23)27(32,33)35-18-7-8-19(20(28)13-18)16-5-3-15(4-6-16)17-11-21(29)25(31)22(30)12-17/h2,7-13,15-16H,3-6H2,1H3. The number of nitrogens with zero attached hydrogens (tertiary/aromatic N) is 1. The van der Waals surface area contributed by atoms with Crippen LogP contribution in [0.3, 0.4) is 0 Å². The maximum Gasteiger partial charge on any atom is 0.454 e. The number of alkyl halides is 2. The van der Waals surface area contributed by atoms with Crippen molar-refractivity contribution < 1.29 is 31.1 Å². The van der Waals surface area contributed by atoms with Crippen molar-refractivity contribution in [3.63, 3.8) is 0 Å². The molecule has 0 aliphatic heterocycles. The van der Waals surface area contributed by atoms with Gasteiger partial charge in [0.2, 0.25) is 5.01 Å². The van der Waals surface area contributed by atoms with E-state index in [1.165, 1.54) is 12.1 Å². The molecule has 1 aliphatic carbocycles. The molecular formula is C27H21F6NOS. The lowest BCUT2D eigenvalue weighted by molar-refractivity contribution is -0.185. The molecule has 1 aliphatic rings. The van der Waals surface area contributed by atoms with Crippen LogP contribution in [0.4, 0.5) is 26.3 Å². The van der Waals surface area contributed by atoms with E-state index in [1.54, 1.807) is 18.2 Å². The highest BCUT2D eigenvalue weighted by Gasteiger charge is 2.39. The fourth-order valence-corrected chi connectivity index (χ4v) is 5.77. The van der Waals surface area contributed by atoms with Crippen molar-refractivity contribution in [2.75, 3.05) is 0 Å². The Labute approximate surface area is 207 Å². The second-order valence-electron chi connectivity index (χ2n) is 9.14. The Kier molecular flexibility index (Phi) is 6.44. The molecular weight excluding hydrogens is 500 g/mol. The summed E-state index contributed by atoms with van der Waals surface area (Å²) in [6.45, 7) is 1.85. The van der Waals surface area contributed by atoms with Crippen LogP contribution in [-0.2, 0) is 6.11 Å². The van der Waals surface area contributed by atoms with Gasteiger partial charge in [-0.25, -0.2) is 22.5 Å². The summed E-state index contributed by atoms with van der Waals surface area (Å²) in [5.41, 5.74) is 2.11. The lowest BCUT2D eigenvalue weighted by atomic mass is 9.76. The van der Waals surface area contributed by atoms with Crippen molar-refractivity contribution >= 4 is 21.6 Å². The molecule has 9 heteroatoms. The predicted octanol–water partition coefficient (Wildman–Crippen LogP) is 8.73. The fraction of sp³-hybridized carbons (Fsp3) is 0.296. The van der Waals surface area contributed by atoms with Crippen LogP contribution in [0.5, 0.6) is 5.75 Å². The number of rotatable bonds is 5. The highest BCUT2D eigenvalue weighted by atomic mass is 32.1. The van der Waals surface area contributed by atoms with Crippen molar-refractivity contribution in [3.8, 4) is 5.75 Å². The monoisotopic (exact) mass is 521 g/mol. The number of hydrogen-bond donors (Lipinski definition) is 0. The molecule has 0 unspecified atom stereocenters. The first-order valence-corrected chi connectivity index (χ1v) is 12.3. The number of thiazole rings is 1. The molecule has 0 amide bonds. The third kappa shape index (κ3) is 4.81. The minimum Gasteiger partial charge on any atom is -0.427 e. The fourth-order valence-electron chi connectivity index (χ4n) is 4.80. The third-order valence-electron chi connectivity index (χ3n) is 6.66. The molecule has 1 aromatic heterocycles. The molecule has 0 atom stereocenters. The normalized spacial score (nSPS) is 18.5. The average molecular weight is 522 g/mol. The Morgan fingerprint density at radius 3 is 2.17 bits per heavy atom. The van der Waals surface area contributed by atoms with Gasteiger partial charge in [0.1, 0.15) is 11.6 Å². The summed E-state index contributed by atoms with van der Waals surface area (Å²) in [4.78, 5) is 3.96. The van der Waals surface area contributed by atoms with Crippen LogP contribution in [0.15, 0.2) is 48.5 Å². The van der Waals surface area contributed by atoms with Gasteiger partial charge in [0, 0.05) is 6.07 Å². The van der Waals surface area contributed by atoms with E-state index in [0.29, 0.717) is 47.0 Å². The van der Waals surface area contributed by atoms with Crippen LogP contribution in [0.1, 0.15) is 59.2 Å². The Balaban J connectivity index is 1.27. The minimum atomic E-state index is -3.73. The molecule has 188 valence electrons. The zero-order valence-corrected chi connectivity index (χ0v) is 19.9. The number of ether oxygens (including phenoxy) is 1. The second-order valence-corrected chi connectivity index (χ2v) is 10.2. The molecule has 0 spiro atoms. The quantitative estimate of drug-likeness (QED) is 0.194.